The molecule has 27 heavy (non-hydrogen) atoms. The van der Waals surface area contributed by atoms with Crippen LogP contribution in [0.3, 0.4) is 0 Å². The third-order valence-corrected chi connectivity index (χ3v) is 4.35. The fourth-order valence-electron chi connectivity index (χ4n) is 2.83. The van der Waals surface area contributed by atoms with E-state index in [0.717, 1.165) is 76.1 Å². The maximum Gasteiger partial charge on any atom is 0.191 e. The fourth-order valence-corrected chi connectivity index (χ4v) is 2.83. The number of hydrogen-bond donors (Lipinski definition) is 2. The maximum absolute atomic E-state index is 5.80. The van der Waals surface area contributed by atoms with Crippen LogP contribution in [0, 0.1) is 5.92 Å². The number of hydrogen-bond acceptors (Lipinski definition) is 4. The van der Waals surface area contributed by atoms with E-state index < -0.39 is 0 Å². The maximum atomic E-state index is 5.80. The Kier molecular flexibility index (Phi) is 13.3. The fraction of sp³-hybridized carbons (Fsp3) is 0.650. The zero-order chi connectivity index (χ0) is 18.5. The van der Waals surface area contributed by atoms with Crippen molar-refractivity contribution in [1.82, 2.24) is 10.6 Å². The number of aliphatic imine (C=N–C) groups is 1. The van der Waals surface area contributed by atoms with Crippen molar-refractivity contribution >= 4 is 29.9 Å². The Labute approximate surface area is 180 Å². The van der Waals surface area contributed by atoms with Gasteiger partial charge in [0.15, 0.2) is 5.96 Å². The van der Waals surface area contributed by atoms with Crippen LogP contribution in [0.5, 0.6) is 5.75 Å². The summed E-state index contributed by atoms with van der Waals surface area (Å²) in [6, 6.07) is 7.99. The van der Waals surface area contributed by atoms with E-state index in [4.69, 9.17) is 14.2 Å². The molecule has 154 valence electrons. The van der Waals surface area contributed by atoms with Gasteiger partial charge >= 0.3 is 0 Å². The molecular formula is C20H34IN3O3. The molecule has 0 unspecified atom stereocenters. The normalized spacial score (nSPS) is 15.1. The van der Waals surface area contributed by atoms with Gasteiger partial charge in [-0.25, -0.2) is 4.99 Å². The van der Waals surface area contributed by atoms with E-state index >= 15 is 0 Å². The highest BCUT2D eigenvalue weighted by Gasteiger charge is 2.13. The van der Waals surface area contributed by atoms with Crippen molar-refractivity contribution in [1.29, 1.82) is 0 Å². The highest BCUT2D eigenvalue weighted by molar-refractivity contribution is 14.0. The Hall–Kier alpha value is -1.06. The second kappa shape index (κ2) is 14.9. The average molecular weight is 491 g/mol. The molecule has 1 aliphatic rings. The first-order valence-corrected chi connectivity index (χ1v) is 9.62. The van der Waals surface area contributed by atoms with Crippen molar-refractivity contribution in [2.24, 2.45) is 10.9 Å². The lowest BCUT2D eigenvalue weighted by molar-refractivity contribution is 0.0203. The molecule has 0 aromatic heterocycles. The third kappa shape index (κ3) is 10.2. The Balaban J connectivity index is 0.00000364. The molecular weight excluding hydrogens is 457 g/mol. The minimum atomic E-state index is 0. The van der Waals surface area contributed by atoms with Gasteiger partial charge in [0.05, 0.1) is 13.7 Å². The van der Waals surface area contributed by atoms with Gasteiger partial charge in [0.2, 0.25) is 0 Å². The second-order valence-corrected chi connectivity index (χ2v) is 6.46. The number of nitrogens with zero attached hydrogens (tertiary/aromatic N) is 1. The first-order valence-electron chi connectivity index (χ1n) is 9.62. The molecule has 1 aromatic carbocycles. The Morgan fingerprint density at radius 2 is 2.07 bits per heavy atom. The number of ether oxygens (including phenoxy) is 3. The molecule has 1 fully saturated rings. The molecule has 1 saturated heterocycles. The van der Waals surface area contributed by atoms with Crippen LogP contribution < -0.4 is 15.4 Å². The third-order valence-electron chi connectivity index (χ3n) is 4.35. The predicted octanol–water partition coefficient (Wildman–Crippen LogP) is 3.20. The van der Waals surface area contributed by atoms with Crippen LogP contribution in [0.1, 0.15) is 31.7 Å². The van der Waals surface area contributed by atoms with E-state index in [2.05, 4.69) is 28.6 Å². The highest BCUT2D eigenvalue weighted by atomic mass is 127. The zero-order valence-corrected chi connectivity index (χ0v) is 18.9. The van der Waals surface area contributed by atoms with Crippen LogP contribution in [-0.2, 0) is 16.0 Å². The summed E-state index contributed by atoms with van der Waals surface area (Å²) >= 11 is 0. The van der Waals surface area contributed by atoms with Crippen LogP contribution >= 0.6 is 24.0 Å². The van der Waals surface area contributed by atoms with Gasteiger partial charge in [0.25, 0.3) is 0 Å². The van der Waals surface area contributed by atoms with Crippen LogP contribution in [-0.4, -0.2) is 52.6 Å². The van der Waals surface area contributed by atoms with Crippen molar-refractivity contribution in [3.63, 3.8) is 0 Å². The van der Waals surface area contributed by atoms with Gasteiger partial charge in [0.1, 0.15) is 5.75 Å². The van der Waals surface area contributed by atoms with E-state index in [1.165, 1.54) is 0 Å². The summed E-state index contributed by atoms with van der Waals surface area (Å²) in [5, 5.41) is 6.64. The monoisotopic (exact) mass is 491 g/mol. The van der Waals surface area contributed by atoms with Crippen molar-refractivity contribution in [3.05, 3.63) is 29.8 Å². The molecule has 1 heterocycles. The quantitative estimate of drug-likeness (QED) is 0.228. The largest absolute Gasteiger partial charge is 0.497 e. The van der Waals surface area contributed by atoms with Crippen molar-refractivity contribution in [2.75, 3.05) is 46.6 Å². The first kappa shape index (κ1) is 24.0. The molecule has 1 aromatic rings. The van der Waals surface area contributed by atoms with E-state index in [1.807, 2.05) is 18.2 Å². The minimum Gasteiger partial charge on any atom is -0.497 e. The number of nitrogens with one attached hydrogen (secondary N) is 2. The smallest absolute Gasteiger partial charge is 0.191 e. The molecule has 2 N–H and O–H groups in total. The van der Waals surface area contributed by atoms with E-state index in [1.54, 1.807) is 7.11 Å². The molecule has 0 bridgehead atoms. The number of benzene rings is 1. The van der Waals surface area contributed by atoms with Gasteiger partial charge in [-0.05, 0) is 49.8 Å². The summed E-state index contributed by atoms with van der Waals surface area (Å²) in [5.41, 5.74) is 1.13. The lowest BCUT2D eigenvalue weighted by atomic mass is 10.0. The zero-order valence-electron chi connectivity index (χ0n) is 16.5. The van der Waals surface area contributed by atoms with Gasteiger partial charge in [-0.2, -0.15) is 0 Å². The molecule has 0 spiro atoms. The molecule has 1 aliphatic heterocycles. The molecule has 6 nitrogen and oxygen atoms in total. The number of methoxy groups -OCH3 is 1. The van der Waals surface area contributed by atoms with Crippen LogP contribution in [0.4, 0.5) is 0 Å². The Morgan fingerprint density at radius 3 is 2.81 bits per heavy atom. The first-order chi connectivity index (χ1) is 12.8. The standard InChI is InChI=1S/C20H33N3O3.HI/c1-3-21-20(23-15-18-6-4-7-19(14-18)24-2)22-10-5-11-26-16-17-8-12-25-13-9-17;/h4,6-7,14,17H,3,5,8-13,15-16H2,1-2H3,(H2,21,22,23);1H. The van der Waals surface area contributed by atoms with Crippen LogP contribution in [0.15, 0.2) is 29.3 Å². The lowest BCUT2D eigenvalue weighted by Gasteiger charge is -2.21. The van der Waals surface area contributed by atoms with Crippen LogP contribution in [0.25, 0.3) is 0 Å². The summed E-state index contributed by atoms with van der Waals surface area (Å²) in [7, 11) is 1.68. The lowest BCUT2D eigenvalue weighted by Crippen LogP contribution is -2.38. The van der Waals surface area contributed by atoms with E-state index in [-0.39, 0.29) is 24.0 Å². The van der Waals surface area contributed by atoms with Crippen molar-refractivity contribution in [2.45, 2.75) is 32.7 Å². The van der Waals surface area contributed by atoms with Gasteiger partial charge in [-0.3, -0.25) is 0 Å². The summed E-state index contributed by atoms with van der Waals surface area (Å²) in [6.45, 7) is 7.76. The summed E-state index contributed by atoms with van der Waals surface area (Å²) < 4.78 is 16.4. The van der Waals surface area contributed by atoms with E-state index in [9.17, 15) is 0 Å². The van der Waals surface area contributed by atoms with Crippen molar-refractivity contribution in [3.8, 4) is 5.75 Å². The molecule has 0 aliphatic carbocycles. The molecule has 0 radical (unpaired) electrons. The Bertz CT molecular complexity index is 537. The van der Waals surface area contributed by atoms with E-state index in [0.29, 0.717) is 12.5 Å². The summed E-state index contributed by atoms with van der Waals surface area (Å²) in [5.74, 6) is 2.36. The molecule has 2 rings (SSSR count). The topological polar surface area (TPSA) is 64.1 Å². The highest BCUT2D eigenvalue weighted by Crippen LogP contribution is 2.15. The van der Waals surface area contributed by atoms with Gasteiger partial charge < -0.3 is 24.8 Å². The minimum absolute atomic E-state index is 0. The SMILES string of the molecule is CCNC(=NCc1cccc(OC)c1)NCCCOCC1CCOCC1.I. The van der Waals surface area contributed by atoms with Crippen LogP contribution in [0.2, 0.25) is 0 Å². The molecule has 0 atom stereocenters. The number of halogens is 1. The van der Waals surface area contributed by atoms with Gasteiger partial charge in [0, 0.05) is 39.5 Å². The van der Waals surface area contributed by atoms with Gasteiger partial charge in [-0.1, -0.05) is 12.1 Å². The molecule has 7 heteroatoms. The average Bonchev–Trinajstić information content (AvgIpc) is 2.69. The Morgan fingerprint density at radius 1 is 1.26 bits per heavy atom. The number of guanidine groups is 1. The second-order valence-electron chi connectivity index (χ2n) is 6.46. The van der Waals surface area contributed by atoms with Gasteiger partial charge in [-0.15, -0.1) is 24.0 Å². The van der Waals surface area contributed by atoms with Crippen molar-refractivity contribution < 1.29 is 14.2 Å². The summed E-state index contributed by atoms with van der Waals surface area (Å²) in [4.78, 5) is 4.63. The predicted molar refractivity (Wildman–Crippen MR) is 120 cm³/mol. The summed E-state index contributed by atoms with van der Waals surface area (Å²) in [6.07, 6.45) is 3.21. The molecule has 0 amide bonds. The molecule has 0 saturated carbocycles. The number of rotatable bonds is 10.